The number of para-hydroxylation sites is 1. The average molecular weight is 391 g/mol. The molecule has 0 aliphatic heterocycles. The van der Waals surface area contributed by atoms with Crippen molar-refractivity contribution in [1.82, 2.24) is 14.2 Å². The summed E-state index contributed by atoms with van der Waals surface area (Å²) >= 11 is 1.84. The summed E-state index contributed by atoms with van der Waals surface area (Å²) in [5, 5.41) is 4.65. The van der Waals surface area contributed by atoms with Crippen LogP contribution in [-0.4, -0.2) is 19.9 Å². The molecular formula is C22H22N4OS. The molecule has 6 heteroatoms. The SMILES string of the molecule is NC(CCSCc1ccccc1)c1nn2cccc2c(=O)n1-c1ccccc1. The Labute approximate surface area is 167 Å². The van der Waals surface area contributed by atoms with Crippen molar-refractivity contribution in [3.8, 4) is 5.69 Å². The van der Waals surface area contributed by atoms with Gasteiger partial charge in [-0.15, -0.1) is 0 Å². The zero-order valence-corrected chi connectivity index (χ0v) is 16.3. The lowest BCUT2D eigenvalue weighted by molar-refractivity contribution is 0.596. The van der Waals surface area contributed by atoms with Crippen LogP contribution in [0.1, 0.15) is 23.9 Å². The highest BCUT2D eigenvalue weighted by Gasteiger charge is 2.18. The van der Waals surface area contributed by atoms with Crippen LogP contribution >= 0.6 is 11.8 Å². The first-order valence-corrected chi connectivity index (χ1v) is 10.4. The molecule has 1 unspecified atom stereocenters. The van der Waals surface area contributed by atoms with Crippen molar-refractivity contribution >= 4 is 17.3 Å². The van der Waals surface area contributed by atoms with Gasteiger partial charge >= 0.3 is 0 Å². The second kappa shape index (κ2) is 8.46. The third-order valence-corrected chi connectivity index (χ3v) is 5.68. The summed E-state index contributed by atoms with van der Waals surface area (Å²) < 4.78 is 3.26. The summed E-state index contributed by atoms with van der Waals surface area (Å²) in [6, 6.07) is 23.2. The molecule has 2 aromatic carbocycles. The highest BCUT2D eigenvalue weighted by molar-refractivity contribution is 7.98. The maximum absolute atomic E-state index is 13.1. The minimum atomic E-state index is -0.331. The van der Waals surface area contributed by atoms with Gasteiger partial charge in [0.05, 0.1) is 11.7 Å². The number of rotatable bonds is 7. The maximum Gasteiger partial charge on any atom is 0.282 e. The van der Waals surface area contributed by atoms with Gasteiger partial charge in [0.1, 0.15) is 5.52 Å². The molecule has 1 atom stereocenters. The minimum Gasteiger partial charge on any atom is -0.321 e. The molecule has 2 N–H and O–H groups in total. The minimum absolute atomic E-state index is 0.103. The fourth-order valence-electron chi connectivity index (χ4n) is 3.17. The predicted molar refractivity (Wildman–Crippen MR) is 115 cm³/mol. The molecule has 0 fully saturated rings. The average Bonchev–Trinajstić information content (AvgIpc) is 3.21. The third kappa shape index (κ3) is 3.88. The summed E-state index contributed by atoms with van der Waals surface area (Å²) in [7, 11) is 0. The van der Waals surface area contributed by atoms with Gasteiger partial charge in [0, 0.05) is 11.9 Å². The Balaban J connectivity index is 1.57. The van der Waals surface area contributed by atoms with E-state index in [0.717, 1.165) is 23.6 Å². The highest BCUT2D eigenvalue weighted by atomic mass is 32.2. The maximum atomic E-state index is 13.1. The molecule has 0 spiro atoms. The summed E-state index contributed by atoms with van der Waals surface area (Å²) in [5.41, 5.74) is 9.01. The zero-order chi connectivity index (χ0) is 19.3. The van der Waals surface area contributed by atoms with Crippen LogP contribution in [-0.2, 0) is 5.75 Å². The molecule has 4 aromatic rings. The van der Waals surface area contributed by atoms with Crippen molar-refractivity contribution in [2.75, 3.05) is 5.75 Å². The Morgan fingerprint density at radius 2 is 1.68 bits per heavy atom. The Kier molecular flexibility index (Phi) is 5.60. The van der Waals surface area contributed by atoms with Crippen LogP contribution < -0.4 is 11.3 Å². The molecule has 0 amide bonds. The van der Waals surface area contributed by atoms with E-state index in [2.05, 4.69) is 29.4 Å². The number of nitrogens with two attached hydrogens (primary N) is 1. The lowest BCUT2D eigenvalue weighted by atomic mass is 10.2. The van der Waals surface area contributed by atoms with Gasteiger partial charge in [0.25, 0.3) is 5.56 Å². The van der Waals surface area contributed by atoms with Crippen LogP contribution in [0.2, 0.25) is 0 Å². The van der Waals surface area contributed by atoms with Crippen LogP contribution in [0.25, 0.3) is 11.2 Å². The van der Waals surface area contributed by atoms with Gasteiger partial charge < -0.3 is 5.73 Å². The van der Waals surface area contributed by atoms with Gasteiger partial charge in [0.15, 0.2) is 5.82 Å². The fourth-order valence-corrected chi connectivity index (χ4v) is 4.17. The molecule has 5 nitrogen and oxygen atoms in total. The van der Waals surface area contributed by atoms with Crippen molar-refractivity contribution in [3.63, 3.8) is 0 Å². The lowest BCUT2D eigenvalue weighted by Crippen LogP contribution is -2.30. The standard InChI is InChI=1S/C22H22N4OS/c23-19(13-15-28-16-17-8-3-1-4-9-17)21-24-25-14-7-12-20(25)22(27)26(21)18-10-5-2-6-11-18/h1-12,14,19H,13,15-16,23H2. The summed E-state index contributed by atoms with van der Waals surface area (Å²) in [6.07, 6.45) is 2.52. The summed E-state index contributed by atoms with van der Waals surface area (Å²) in [5.74, 6) is 2.42. The molecule has 0 saturated heterocycles. The van der Waals surface area contributed by atoms with Crippen LogP contribution in [0.3, 0.4) is 0 Å². The second-order valence-corrected chi connectivity index (χ2v) is 7.71. The normalized spacial score (nSPS) is 12.3. The number of hydrogen-bond donors (Lipinski definition) is 1. The zero-order valence-electron chi connectivity index (χ0n) is 15.4. The topological polar surface area (TPSA) is 65.3 Å². The van der Waals surface area contributed by atoms with E-state index in [-0.39, 0.29) is 11.6 Å². The van der Waals surface area contributed by atoms with Crippen LogP contribution in [0.4, 0.5) is 0 Å². The van der Waals surface area contributed by atoms with Crippen molar-refractivity contribution < 1.29 is 0 Å². The summed E-state index contributed by atoms with van der Waals surface area (Å²) in [6.45, 7) is 0. The number of fused-ring (bicyclic) bond motifs is 1. The number of benzene rings is 2. The molecule has 142 valence electrons. The predicted octanol–water partition coefficient (Wildman–Crippen LogP) is 3.81. The monoisotopic (exact) mass is 390 g/mol. The van der Waals surface area contributed by atoms with E-state index in [0.29, 0.717) is 11.3 Å². The summed E-state index contributed by atoms with van der Waals surface area (Å²) in [4.78, 5) is 13.1. The molecule has 2 aromatic heterocycles. The van der Waals surface area contributed by atoms with E-state index >= 15 is 0 Å². The number of hydrogen-bond acceptors (Lipinski definition) is 4. The van der Waals surface area contributed by atoms with Gasteiger partial charge in [0.2, 0.25) is 0 Å². The Bertz CT molecular complexity index is 1110. The van der Waals surface area contributed by atoms with E-state index in [4.69, 9.17) is 5.73 Å². The van der Waals surface area contributed by atoms with Crippen LogP contribution in [0.5, 0.6) is 0 Å². The van der Waals surface area contributed by atoms with Crippen molar-refractivity contribution in [1.29, 1.82) is 0 Å². The van der Waals surface area contributed by atoms with Gasteiger partial charge in [-0.05, 0) is 42.0 Å². The molecule has 0 bridgehead atoms. The number of thioether (sulfide) groups is 1. The van der Waals surface area contributed by atoms with Gasteiger partial charge in [-0.3, -0.25) is 9.36 Å². The van der Waals surface area contributed by atoms with Crippen molar-refractivity contribution in [2.24, 2.45) is 5.73 Å². The number of nitrogens with zero attached hydrogens (tertiary/aromatic N) is 3. The fraction of sp³-hybridized carbons (Fsp3) is 0.182. The van der Waals surface area contributed by atoms with E-state index in [9.17, 15) is 4.79 Å². The molecule has 0 aliphatic rings. The van der Waals surface area contributed by atoms with E-state index < -0.39 is 0 Å². The smallest absolute Gasteiger partial charge is 0.282 e. The van der Waals surface area contributed by atoms with Crippen LogP contribution in [0.15, 0.2) is 83.8 Å². The Morgan fingerprint density at radius 1 is 0.964 bits per heavy atom. The first kappa shape index (κ1) is 18.5. The molecule has 2 heterocycles. The van der Waals surface area contributed by atoms with E-state index in [1.165, 1.54) is 5.56 Å². The van der Waals surface area contributed by atoms with E-state index in [1.807, 2.05) is 54.2 Å². The van der Waals surface area contributed by atoms with Gasteiger partial charge in [-0.1, -0.05) is 48.5 Å². The number of aromatic nitrogens is 3. The highest BCUT2D eigenvalue weighted by Crippen LogP contribution is 2.20. The van der Waals surface area contributed by atoms with Crippen LogP contribution in [0, 0.1) is 0 Å². The molecule has 28 heavy (non-hydrogen) atoms. The van der Waals surface area contributed by atoms with Crippen molar-refractivity contribution in [3.05, 3.63) is 101 Å². The molecule has 0 saturated carbocycles. The molecule has 4 rings (SSSR count). The molecular weight excluding hydrogens is 368 g/mol. The Hall–Kier alpha value is -2.83. The second-order valence-electron chi connectivity index (χ2n) is 6.61. The molecule has 0 radical (unpaired) electrons. The van der Waals surface area contributed by atoms with Gasteiger partial charge in [-0.2, -0.15) is 16.9 Å². The van der Waals surface area contributed by atoms with Gasteiger partial charge in [-0.25, -0.2) is 4.52 Å². The third-order valence-electron chi connectivity index (χ3n) is 4.62. The van der Waals surface area contributed by atoms with E-state index in [1.54, 1.807) is 21.3 Å². The quantitative estimate of drug-likeness (QED) is 0.487. The van der Waals surface area contributed by atoms with Crippen molar-refractivity contribution in [2.45, 2.75) is 18.2 Å². The first-order valence-electron chi connectivity index (χ1n) is 9.27. The first-order chi connectivity index (χ1) is 13.7. The largest absolute Gasteiger partial charge is 0.321 e. The Morgan fingerprint density at radius 3 is 2.43 bits per heavy atom. The molecule has 0 aliphatic carbocycles. The lowest BCUT2D eigenvalue weighted by Gasteiger charge is -2.18.